The van der Waals surface area contributed by atoms with Gasteiger partial charge in [-0.25, -0.2) is 0 Å². The minimum atomic E-state index is 0.735. The predicted octanol–water partition coefficient (Wildman–Crippen LogP) is 2.26. The molecule has 0 bridgehead atoms. The fraction of sp³-hybridized carbons (Fsp3) is 0.500. The van der Waals surface area contributed by atoms with Gasteiger partial charge < -0.3 is 5.32 Å². The van der Waals surface area contributed by atoms with Crippen LogP contribution in [0.2, 0.25) is 0 Å². The van der Waals surface area contributed by atoms with E-state index in [1.807, 2.05) is 0 Å². The lowest BCUT2D eigenvalue weighted by Gasteiger charge is -2.09. The fourth-order valence-electron chi connectivity index (χ4n) is 2.71. The molecule has 3 rings (SSSR count). The number of aryl methyl sites for hydroxylation is 2. The standard InChI is InChI=1S/C14H19N3/c1-10-3-4-14-13(7-10)11(2)16-17(14)9-12-5-6-15-8-12/h3-4,7,12,15H,5-6,8-9H2,1-2H3. The summed E-state index contributed by atoms with van der Waals surface area (Å²) in [5, 5.41) is 9.40. The van der Waals surface area contributed by atoms with E-state index >= 15 is 0 Å². The molecule has 3 heteroatoms. The molecule has 0 amide bonds. The van der Waals surface area contributed by atoms with Crippen LogP contribution >= 0.6 is 0 Å². The topological polar surface area (TPSA) is 29.9 Å². The highest BCUT2D eigenvalue weighted by Crippen LogP contribution is 2.21. The largest absolute Gasteiger partial charge is 0.316 e. The number of rotatable bonds is 2. The SMILES string of the molecule is Cc1ccc2c(c1)c(C)nn2CC1CCNC1. The van der Waals surface area contributed by atoms with Gasteiger partial charge in [0, 0.05) is 11.9 Å². The van der Waals surface area contributed by atoms with Crippen molar-refractivity contribution >= 4 is 10.9 Å². The third-order valence-electron chi connectivity index (χ3n) is 3.68. The summed E-state index contributed by atoms with van der Waals surface area (Å²) in [6, 6.07) is 6.61. The van der Waals surface area contributed by atoms with Gasteiger partial charge in [-0.15, -0.1) is 0 Å². The van der Waals surface area contributed by atoms with E-state index < -0.39 is 0 Å². The minimum Gasteiger partial charge on any atom is -0.316 e. The van der Waals surface area contributed by atoms with Crippen molar-refractivity contribution in [3.63, 3.8) is 0 Å². The molecular weight excluding hydrogens is 210 g/mol. The van der Waals surface area contributed by atoms with Gasteiger partial charge in [0.25, 0.3) is 0 Å². The summed E-state index contributed by atoms with van der Waals surface area (Å²) in [4.78, 5) is 0. The number of hydrogen-bond donors (Lipinski definition) is 1. The zero-order valence-corrected chi connectivity index (χ0v) is 10.5. The Labute approximate surface area is 102 Å². The van der Waals surface area contributed by atoms with E-state index in [9.17, 15) is 0 Å². The average Bonchev–Trinajstić information content (AvgIpc) is 2.89. The Morgan fingerprint density at radius 2 is 2.29 bits per heavy atom. The summed E-state index contributed by atoms with van der Waals surface area (Å²) in [7, 11) is 0. The van der Waals surface area contributed by atoms with Crippen molar-refractivity contribution in [1.29, 1.82) is 0 Å². The second-order valence-corrected chi connectivity index (χ2v) is 5.15. The first kappa shape index (κ1) is 10.8. The molecule has 0 saturated carbocycles. The second-order valence-electron chi connectivity index (χ2n) is 5.15. The quantitative estimate of drug-likeness (QED) is 0.856. The van der Waals surface area contributed by atoms with Crippen LogP contribution < -0.4 is 5.32 Å². The Hall–Kier alpha value is -1.35. The molecule has 1 aromatic carbocycles. The third-order valence-corrected chi connectivity index (χ3v) is 3.68. The van der Waals surface area contributed by atoms with Crippen molar-refractivity contribution in [2.24, 2.45) is 5.92 Å². The van der Waals surface area contributed by atoms with Gasteiger partial charge in [-0.3, -0.25) is 4.68 Å². The molecule has 1 atom stereocenters. The van der Waals surface area contributed by atoms with Crippen LogP contribution in [0.4, 0.5) is 0 Å². The van der Waals surface area contributed by atoms with Gasteiger partial charge in [0.1, 0.15) is 0 Å². The molecule has 1 N–H and O–H groups in total. The van der Waals surface area contributed by atoms with Gasteiger partial charge in [-0.05, 0) is 51.4 Å². The molecule has 0 spiro atoms. The van der Waals surface area contributed by atoms with Crippen LogP contribution in [-0.2, 0) is 6.54 Å². The van der Waals surface area contributed by atoms with Crippen molar-refractivity contribution in [2.75, 3.05) is 13.1 Å². The lowest BCUT2D eigenvalue weighted by Crippen LogP contribution is -2.15. The molecule has 1 fully saturated rings. The lowest BCUT2D eigenvalue weighted by molar-refractivity contribution is 0.458. The molecule has 0 aliphatic carbocycles. The maximum Gasteiger partial charge on any atom is 0.0685 e. The highest BCUT2D eigenvalue weighted by atomic mass is 15.3. The normalized spacial score (nSPS) is 20.2. The highest BCUT2D eigenvalue weighted by Gasteiger charge is 2.17. The van der Waals surface area contributed by atoms with Crippen molar-refractivity contribution in [3.8, 4) is 0 Å². The molecule has 2 aromatic rings. The van der Waals surface area contributed by atoms with Crippen LogP contribution in [-0.4, -0.2) is 22.9 Å². The van der Waals surface area contributed by atoms with E-state index in [-0.39, 0.29) is 0 Å². The van der Waals surface area contributed by atoms with Crippen LogP contribution in [0, 0.1) is 19.8 Å². The Balaban J connectivity index is 1.98. The number of benzene rings is 1. The first-order valence-electron chi connectivity index (χ1n) is 6.38. The highest BCUT2D eigenvalue weighted by molar-refractivity contribution is 5.82. The zero-order chi connectivity index (χ0) is 11.8. The molecule has 1 aliphatic rings. The molecule has 3 nitrogen and oxygen atoms in total. The number of hydrogen-bond acceptors (Lipinski definition) is 2. The van der Waals surface area contributed by atoms with Crippen LogP contribution in [0.1, 0.15) is 17.7 Å². The number of fused-ring (bicyclic) bond motifs is 1. The Morgan fingerprint density at radius 1 is 1.41 bits per heavy atom. The summed E-state index contributed by atoms with van der Waals surface area (Å²) in [5.41, 5.74) is 3.73. The number of nitrogens with zero attached hydrogens (tertiary/aromatic N) is 2. The first-order valence-corrected chi connectivity index (χ1v) is 6.38. The summed E-state index contributed by atoms with van der Waals surface area (Å²) in [6.07, 6.45) is 1.27. The van der Waals surface area contributed by atoms with Gasteiger partial charge >= 0.3 is 0 Å². The third kappa shape index (κ3) is 1.95. The van der Waals surface area contributed by atoms with Gasteiger partial charge in [-0.1, -0.05) is 11.6 Å². The number of aromatic nitrogens is 2. The van der Waals surface area contributed by atoms with Gasteiger partial charge in [0.2, 0.25) is 0 Å². The minimum absolute atomic E-state index is 0.735. The lowest BCUT2D eigenvalue weighted by atomic mass is 10.1. The molecule has 2 heterocycles. The monoisotopic (exact) mass is 229 g/mol. The van der Waals surface area contributed by atoms with Crippen molar-refractivity contribution in [3.05, 3.63) is 29.5 Å². The van der Waals surface area contributed by atoms with Crippen molar-refractivity contribution < 1.29 is 0 Å². The summed E-state index contributed by atoms with van der Waals surface area (Å²) in [6.45, 7) is 7.57. The molecule has 1 aromatic heterocycles. The summed E-state index contributed by atoms with van der Waals surface area (Å²) < 4.78 is 2.18. The molecule has 0 radical (unpaired) electrons. The van der Waals surface area contributed by atoms with Gasteiger partial charge in [0.15, 0.2) is 0 Å². The van der Waals surface area contributed by atoms with Gasteiger partial charge in [0.05, 0.1) is 11.2 Å². The van der Waals surface area contributed by atoms with Crippen LogP contribution in [0.3, 0.4) is 0 Å². The van der Waals surface area contributed by atoms with Crippen molar-refractivity contribution in [1.82, 2.24) is 15.1 Å². The Bertz CT molecular complexity index is 536. The van der Waals surface area contributed by atoms with E-state index in [4.69, 9.17) is 0 Å². The first-order chi connectivity index (χ1) is 8.24. The Kier molecular flexibility index (Phi) is 2.63. The van der Waals surface area contributed by atoms with E-state index in [1.54, 1.807) is 0 Å². The van der Waals surface area contributed by atoms with Crippen LogP contribution in [0.15, 0.2) is 18.2 Å². The molecule has 17 heavy (non-hydrogen) atoms. The molecule has 90 valence electrons. The summed E-state index contributed by atoms with van der Waals surface area (Å²) >= 11 is 0. The van der Waals surface area contributed by atoms with E-state index in [0.717, 1.165) is 31.2 Å². The Morgan fingerprint density at radius 3 is 3.06 bits per heavy atom. The fourth-order valence-corrected chi connectivity index (χ4v) is 2.71. The van der Waals surface area contributed by atoms with Gasteiger partial charge in [-0.2, -0.15) is 5.10 Å². The molecule has 1 saturated heterocycles. The molecule has 1 aliphatic heterocycles. The maximum atomic E-state index is 4.68. The van der Waals surface area contributed by atoms with Crippen LogP contribution in [0.5, 0.6) is 0 Å². The average molecular weight is 229 g/mol. The molecular formula is C14H19N3. The zero-order valence-electron chi connectivity index (χ0n) is 10.5. The van der Waals surface area contributed by atoms with E-state index in [2.05, 4.69) is 47.1 Å². The second kappa shape index (κ2) is 4.15. The van der Waals surface area contributed by atoms with Crippen molar-refractivity contribution in [2.45, 2.75) is 26.8 Å². The predicted molar refractivity (Wildman–Crippen MR) is 70.2 cm³/mol. The summed E-state index contributed by atoms with van der Waals surface area (Å²) in [5.74, 6) is 0.735. The van der Waals surface area contributed by atoms with E-state index in [0.29, 0.717) is 0 Å². The maximum absolute atomic E-state index is 4.68. The van der Waals surface area contributed by atoms with Crippen LogP contribution in [0.25, 0.3) is 10.9 Å². The smallest absolute Gasteiger partial charge is 0.0685 e. The number of nitrogens with one attached hydrogen (secondary N) is 1. The molecule has 1 unspecified atom stereocenters. The van der Waals surface area contributed by atoms with E-state index in [1.165, 1.54) is 22.9 Å².